The number of methoxy groups -OCH3 is 2. The minimum absolute atomic E-state index is 0.129. The monoisotopic (exact) mass is 786 g/mol. The summed E-state index contributed by atoms with van der Waals surface area (Å²) in [5, 5.41) is 5.07. The van der Waals surface area contributed by atoms with Gasteiger partial charge in [-0.1, -0.05) is 62.4 Å². The number of ether oxygens (including phenoxy) is 4. The molecule has 2 amide bonds. The van der Waals surface area contributed by atoms with Gasteiger partial charge in [0, 0.05) is 30.4 Å². The molecule has 4 aromatic carbocycles. The number of anilines is 1. The second-order valence-electron chi connectivity index (χ2n) is 13.7. The van der Waals surface area contributed by atoms with Crippen molar-refractivity contribution in [1.82, 2.24) is 14.9 Å². The summed E-state index contributed by atoms with van der Waals surface area (Å²) in [6.45, 7) is 4.63. The van der Waals surface area contributed by atoms with Crippen LogP contribution < -0.4 is 30.6 Å². The first-order valence-electron chi connectivity index (χ1n) is 18.8. The Morgan fingerprint density at radius 1 is 0.821 bits per heavy atom. The molecule has 12 nitrogen and oxygen atoms in total. The van der Waals surface area contributed by atoms with E-state index in [4.69, 9.17) is 24.7 Å². The van der Waals surface area contributed by atoms with Crippen molar-refractivity contribution in [3.8, 4) is 17.2 Å². The molecule has 4 N–H and O–H groups in total. The summed E-state index contributed by atoms with van der Waals surface area (Å²) in [6, 6.07) is 29.3. The molecule has 0 spiro atoms. The molecular formula is C43H54N4O8S. The van der Waals surface area contributed by atoms with E-state index in [0.717, 1.165) is 30.4 Å². The summed E-state index contributed by atoms with van der Waals surface area (Å²) >= 11 is 0. The number of hydrogen-bond donors (Lipinski definition) is 3. The molecule has 0 fully saturated rings. The van der Waals surface area contributed by atoms with Crippen LogP contribution in [0, 0.1) is 5.92 Å². The first kappa shape index (κ1) is 43.3. The molecule has 0 aromatic heterocycles. The zero-order valence-electron chi connectivity index (χ0n) is 32.7. The Labute approximate surface area is 332 Å². The third-order valence-corrected chi connectivity index (χ3v) is 10.1. The molecule has 2 atom stereocenters. The van der Waals surface area contributed by atoms with E-state index in [-0.39, 0.29) is 25.6 Å². The largest absolute Gasteiger partial charge is 0.493 e. The second kappa shape index (κ2) is 22.9. The minimum Gasteiger partial charge on any atom is -0.493 e. The Bertz CT molecular complexity index is 1870. The van der Waals surface area contributed by atoms with Crippen molar-refractivity contribution in [2.75, 3.05) is 52.8 Å². The molecule has 0 saturated heterocycles. The van der Waals surface area contributed by atoms with Crippen molar-refractivity contribution in [3.05, 3.63) is 119 Å². The number of nitrogen functional groups attached to an aromatic ring is 1. The van der Waals surface area contributed by atoms with Crippen LogP contribution in [-0.4, -0.2) is 78.7 Å². The van der Waals surface area contributed by atoms with E-state index in [1.807, 2.05) is 80.6 Å². The number of carbonyl (C=O) groups is 3. The molecule has 0 heterocycles. The highest BCUT2D eigenvalue weighted by Gasteiger charge is 2.25. The molecule has 1 unspecified atom stereocenters. The van der Waals surface area contributed by atoms with Gasteiger partial charge in [-0.05, 0) is 103 Å². The first-order valence-corrected chi connectivity index (χ1v) is 19.9. The van der Waals surface area contributed by atoms with Gasteiger partial charge in [-0.2, -0.15) is 0 Å². The first-order chi connectivity index (χ1) is 27.0. The van der Waals surface area contributed by atoms with Crippen LogP contribution in [0.25, 0.3) is 0 Å². The minimum atomic E-state index is -1.95. The zero-order valence-corrected chi connectivity index (χ0v) is 33.5. The number of amides is 2. The Kier molecular flexibility index (Phi) is 17.7. The van der Waals surface area contributed by atoms with Crippen molar-refractivity contribution < 1.29 is 37.5 Å². The van der Waals surface area contributed by atoms with Gasteiger partial charge in [-0.3, -0.25) is 9.59 Å². The molecule has 0 aliphatic heterocycles. The average molecular weight is 787 g/mol. The number of aryl methyl sites for hydroxylation is 2. The molecule has 13 heteroatoms. The van der Waals surface area contributed by atoms with Crippen LogP contribution in [0.1, 0.15) is 53.7 Å². The summed E-state index contributed by atoms with van der Waals surface area (Å²) in [7, 11) is 1.30. The predicted molar refractivity (Wildman–Crippen MR) is 219 cm³/mol. The van der Waals surface area contributed by atoms with E-state index in [1.165, 1.54) is 5.56 Å². The fraction of sp³-hybridized carbons (Fsp3) is 0.372. The van der Waals surface area contributed by atoms with Crippen LogP contribution in [-0.2, 0) is 39.8 Å². The summed E-state index contributed by atoms with van der Waals surface area (Å²) in [5.41, 5.74) is 9.87. The third kappa shape index (κ3) is 14.7. The summed E-state index contributed by atoms with van der Waals surface area (Å²) in [4.78, 5) is 38.5. The van der Waals surface area contributed by atoms with E-state index < -0.39 is 40.8 Å². The molecular weight excluding hydrogens is 733 g/mol. The Hall–Kier alpha value is -5.40. The number of carbonyl (C=O) groups excluding carboxylic acids is 3. The Morgan fingerprint density at radius 2 is 1.52 bits per heavy atom. The molecule has 4 aromatic rings. The van der Waals surface area contributed by atoms with Gasteiger partial charge in [-0.15, -0.1) is 0 Å². The average Bonchev–Trinajstić information content (AvgIpc) is 3.20. The fourth-order valence-corrected chi connectivity index (χ4v) is 7.26. The number of nitrogens with zero attached hydrogens (tertiary/aromatic N) is 1. The molecule has 0 radical (unpaired) electrons. The number of nitrogens with one attached hydrogen (secondary N) is 2. The van der Waals surface area contributed by atoms with E-state index >= 15 is 0 Å². The van der Waals surface area contributed by atoms with Gasteiger partial charge >= 0.3 is 6.09 Å². The van der Waals surface area contributed by atoms with Crippen LogP contribution >= 0.6 is 0 Å². The molecule has 300 valence electrons. The number of nitrogens with two attached hydrogens (primary N) is 1. The standard InChI is InChI=1S/C43H54N4O8S/c1-31(2)29-47(56(51)42(49)35-17-19-36(44)20-18-35)24-22-37(26-32-10-6-5-7-11-32)46-43(50)55-30-41(48)45-23-25-54-38-15-9-14-33(27-38)12-8-13-34-16-21-39(52-3)40(28-34)53-4/h5-7,9-11,14-21,27-28,31,37H,8,12-13,22-26,29-30,44H2,1-4H3,(H,45,48)(H,46,50)/t37-,56?/m1/s1. The molecule has 0 bridgehead atoms. The molecule has 0 aliphatic carbocycles. The quantitative estimate of drug-likeness (QED) is 0.0628. The van der Waals surface area contributed by atoms with Crippen molar-refractivity contribution in [2.24, 2.45) is 5.92 Å². The Balaban J connectivity index is 1.21. The Morgan fingerprint density at radius 3 is 2.21 bits per heavy atom. The van der Waals surface area contributed by atoms with Crippen LogP contribution in [0.3, 0.4) is 0 Å². The third-order valence-electron chi connectivity index (χ3n) is 8.79. The topological polar surface area (TPSA) is 159 Å². The van der Waals surface area contributed by atoms with Crippen molar-refractivity contribution in [1.29, 1.82) is 0 Å². The molecule has 4 rings (SSSR count). The van der Waals surface area contributed by atoms with Crippen molar-refractivity contribution >= 4 is 33.8 Å². The lowest BCUT2D eigenvalue weighted by atomic mass is 10.0. The van der Waals surface area contributed by atoms with Crippen LogP contribution in [0.15, 0.2) is 97.1 Å². The maximum Gasteiger partial charge on any atom is 0.407 e. The number of hydrogen-bond acceptors (Lipinski definition) is 9. The van der Waals surface area contributed by atoms with Crippen LogP contribution in [0.4, 0.5) is 10.5 Å². The number of benzene rings is 4. The van der Waals surface area contributed by atoms with E-state index in [1.54, 1.807) is 42.8 Å². The summed E-state index contributed by atoms with van der Waals surface area (Å²) in [6.07, 6.45) is 2.79. The fourth-order valence-electron chi connectivity index (χ4n) is 5.98. The van der Waals surface area contributed by atoms with Gasteiger partial charge in [0.05, 0.1) is 20.8 Å². The van der Waals surface area contributed by atoms with Gasteiger partial charge in [-0.25, -0.2) is 13.3 Å². The number of alkyl carbamates (subject to hydrolysis) is 1. The lowest BCUT2D eigenvalue weighted by Gasteiger charge is -2.25. The maximum absolute atomic E-state index is 13.4. The van der Waals surface area contributed by atoms with E-state index in [9.17, 15) is 18.6 Å². The van der Waals surface area contributed by atoms with Crippen LogP contribution in [0.2, 0.25) is 0 Å². The zero-order chi connectivity index (χ0) is 40.3. The maximum atomic E-state index is 13.4. The lowest BCUT2D eigenvalue weighted by Crippen LogP contribution is -2.42. The highest BCUT2D eigenvalue weighted by atomic mass is 32.2. The summed E-state index contributed by atoms with van der Waals surface area (Å²) in [5.74, 6) is 1.79. The lowest BCUT2D eigenvalue weighted by molar-refractivity contribution is -0.124. The number of rotatable bonds is 22. The smallest absolute Gasteiger partial charge is 0.407 e. The van der Waals surface area contributed by atoms with Gasteiger partial charge in [0.25, 0.3) is 11.0 Å². The van der Waals surface area contributed by atoms with Gasteiger partial charge in [0.1, 0.15) is 12.4 Å². The van der Waals surface area contributed by atoms with Crippen LogP contribution in [0.5, 0.6) is 17.2 Å². The van der Waals surface area contributed by atoms with E-state index in [2.05, 4.69) is 16.7 Å². The SMILES string of the molecule is COc1ccc(CCCc2cccc(OCCNC(=O)COC(=O)N[C@H](CCN(CC(C)C)S(=O)C(=O)c3ccc(N)cc3)Cc3ccccc3)c2)cc1OC. The molecule has 56 heavy (non-hydrogen) atoms. The molecule has 0 saturated carbocycles. The summed E-state index contributed by atoms with van der Waals surface area (Å²) < 4.78 is 36.9. The van der Waals surface area contributed by atoms with Gasteiger partial charge in [0.15, 0.2) is 29.1 Å². The van der Waals surface area contributed by atoms with Gasteiger partial charge < -0.3 is 35.3 Å². The normalized spacial score (nSPS) is 12.1. The highest BCUT2D eigenvalue weighted by Crippen LogP contribution is 2.28. The van der Waals surface area contributed by atoms with E-state index in [0.29, 0.717) is 47.9 Å². The molecule has 0 aliphatic rings. The predicted octanol–water partition coefficient (Wildman–Crippen LogP) is 6.15. The van der Waals surface area contributed by atoms with Crippen molar-refractivity contribution in [2.45, 2.75) is 52.0 Å². The second-order valence-corrected chi connectivity index (χ2v) is 15.1. The highest BCUT2D eigenvalue weighted by molar-refractivity contribution is 7.98. The van der Waals surface area contributed by atoms with Crippen molar-refractivity contribution in [3.63, 3.8) is 0 Å². The van der Waals surface area contributed by atoms with Gasteiger partial charge in [0.2, 0.25) is 0 Å².